The SMILES string of the molecule is CC1CCCC(N(C)CC(O)c2cccc(F)c2F)C1. The Kier molecular flexibility index (Phi) is 5.11. The first-order chi connectivity index (χ1) is 9.49. The highest BCUT2D eigenvalue weighted by Gasteiger charge is 2.25. The van der Waals surface area contributed by atoms with Crippen LogP contribution in [0.25, 0.3) is 0 Å². The van der Waals surface area contributed by atoms with Gasteiger partial charge in [0.15, 0.2) is 11.6 Å². The van der Waals surface area contributed by atoms with E-state index in [2.05, 4.69) is 11.8 Å². The van der Waals surface area contributed by atoms with Gasteiger partial charge in [-0.15, -0.1) is 0 Å². The van der Waals surface area contributed by atoms with Gasteiger partial charge in [-0.05, 0) is 31.9 Å². The Morgan fingerprint density at radius 2 is 2.10 bits per heavy atom. The Morgan fingerprint density at radius 1 is 1.35 bits per heavy atom. The summed E-state index contributed by atoms with van der Waals surface area (Å²) in [6, 6.07) is 4.36. The number of aliphatic hydroxyl groups excluding tert-OH is 1. The number of aliphatic hydroxyl groups is 1. The highest BCUT2D eigenvalue weighted by atomic mass is 19.2. The zero-order valence-corrected chi connectivity index (χ0v) is 12.1. The van der Waals surface area contributed by atoms with Gasteiger partial charge >= 0.3 is 0 Å². The van der Waals surface area contributed by atoms with Gasteiger partial charge in [-0.3, -0.25) is 0 Å². The van der Waals surface area contributed by atoms with Crippen molar-refractivity contribution in [1.29, 1.82) is 0 Å². The Bertz CT molecular complexity index is 452. The molecule has 0 radical (unpaired) electrons. The average molecular weight is 283 g/mol. The van der Waals surface area contributed by atoms with Gasteiger partial charge in [0.2, 0.25) is 0 Å². The molecule has 1 fully saturated rings. The molecule has 0 aliphatic heterocycles. The van der Waals surface area contributed by atoms with E-state index >= 15 is 0 Å². The maximum atomic E-state index is 13.7. The van der Waals surface area contributed by atoms with E-state index in [1.165, 1.54) is 25.0 Å². The molecule has 3 atom stereocenters. The van der Waals surface area contributed by atoms with Crippen LogP contribution >= 0.6 is 0 Å². The van der Waals surface area contributed by atoms with Crippen LogP contribution in [0.2, 0.25) is 0 Å². The van der Waals surface area contributed by atoms with Crippen molar-refractivity contribution < 1.29 is 13.9 Å². The molecule has 20 heavy (non-hydrogen) atoms. The molecule has 2 rings (SSSR count). The van der Waals surface area contributed by atoms with Gasteiger partial charge in [-0.1, -0.05) is 31.9 Å². The number of halogens is 2. The van der Waals surface area contributed by atoms with Crippen LogP contribution in [0.15, 0.2) is 18.2 Å². The second-order valence-corrected chi connectivity index (χ2v) is 6.02. The lowest BCUT2D eigenvalue weighted by Crippen LogP contribution is -2.38. The molecule has 3 unspecified atom stereocenters. The second-order valence-electron chi connectivity index (χ2n) is 6.02. The van der Waals surface area contributed by atoms with Crippen molar-refractivity contribution in [3.8, 4) is 0 Å². The van der Waals surface area contributed by atoms with E-state index in [-0.39, 0.29) is 5.56 Å². The quantitative estimate of drug-likeness (QED) is 0.914. The van der Waals surface area contributed by atoms with Crippen LogP contribution in [0.5, 0.6) is 0 Å². The fourth-order valence-corrected chi connectivity index (χ4v) is 3.10. The maximum Gasteiger partial charge on any atom is 0.164 e. The minimum atomic E-state index is -0.993. The molecule has 0 bridgehead atoms. The summed E-state index contributed by atoms with van der Waals surface area (Å²) in [5, 5.41) is 10.1. The van der Waals surface area contributed by atoms with Crippen LogP contribution < -0.4 is 0 Å². The van der Waals surface area contributed by atoms with Crippen LogP contribution in [0.3, 0.4) is 0 Å². The second kappa shape index (κ2) is 6.64. The van der Waals surface area contributed by atoms with Gasteiger partial charge in [0.25, 0.3) is 0 Å². The fourth-order valence-electron chi connectivity index (χ4n) is 3.10. The summed E-state index contributed by atoms with van der Waals surface area (Å²) in [5.74, 6) is -1.15. The molecule has 0 heterocycles. The summed E-state index contributed by atoms with van der Waals surface area (Å²) in [5.41, 5.74) is 0.0423. The van der Waals surface area contributed by atoms with Crippen LogP contribution in [0, 0.1) is 17.6 Å². The first kappa shape index (κ1) is 15.4. The molecule has 0 amide bonds. The lowest BCUT2D eigenvalue weighted by molar-refractivity contribution is 0.0806. The minimum Gasteiger partial charge on any atom is -0.387 e. The van der Waals surface area contributed by atoms with Crippen molar-refractivity contribution in [3.63, 3.8) is 0 Å². The topological polar surface area (TPSA) is 23.5 Å². The van der Waals surface area contributed by atoms with Crippen molar-refractivity contribution in [2.45, 2.75) is 44.8 Å². The Balaban J connectivity index is 1.99. The molecule has 0 spiro atoms. The van der Waals surface area contributed by atoms with E-state index in [1.54, 1.807) is 0 Å². The van der Waals surface area contributed by atoms with Gasteiger partial charge in [0.05, 0.1) is 6.10 Å². The molecule has 4 heteroatoms. The Labute approximate surface area is 119 Å². The number of benzene rings is 1. The molecule has 0 aromatic heterocycles. The summed E-state index contributed by atoms with van der Waals surface area (Å²) < 4.78 is 26.8. The lowest BCUT2D eigenvalue weighted by atomic mass is 9.86. The van der Waals surface area contributed by atoms with Crippen LogP contribution in [-0.4, -0.2) is 29.6 Å². The summed E-state index contributed by atoms with van der Waals surface area (Å²) in [6.07, 6.45) is 3.67. The van der Waals surface area contributed by atoms with Crippen molar-refractivity contribution >= 4 is 0 Å². The summed E-state index contributed by atoms with van der Waals surface area (Å²) >= 11 is 0. The van der Waals surface area contributed by atoms with Gasteiger partial charge in [0, 0.05) is 18.2 Å². The maximum absolute atomic E-state index is 13.7. The summed E-state index contributed by atoms with van der Waals surface area (Å²) in [6.45, 7) is 2.57. The highest BCUT2D eigenvalue weighted by Crippen LogP contribution is 2.28. The Morgan fingerprint density at radius 3 is 2.80 bits per heavy atom. The molecule has 1 N–H and O–H groups in total. The summed E-state index contributed by atoms with van der Waals surface area (Å²) in [4.78, 5) is 2.07. The molecule has 1 aliphatic rings. The van der Waals surface area contributed by atoms with Crippen LogP contribution in [0.4, 0.5) is 8.78 Å². The third-order valence-electron chi connectivity index (χ3n) is 4.33. The highest BCUT2D eigenvalue weighted by molar-refractivity contribution is 5.21. The largest absolute Gasteiger partial charge is 0.387 e. The first-order valence-electron chi connectivity index (χ1n) is 7.31. The van der Waals surface area contributed by atoms with E-state index in [1.807, 2.05) is 7.05 Å². The third-order valence-corrected chi connectivity index (χ3v) is 4.33. The van der Waals surface area contributed by atoms with Gasteiger partial charge < -0.3 is 10.0 Å². The van der Waals surface area contributed by atoms with E-state index in [4.69, 9.17) is 0 Å². The molecule has 0 saturated heterocycles. The van der Waals surface area contributed by atoms with Crippen molar-refractivity contribution in [2.75, 3.05) is 13.6 Å². The molecule has 112 valence electrons. The fraction of sp³-hybridized carbons (Fsp3) is 0.625. The van der Waals surface area contributed by atoms with Gasteiger partial charge in [0.1, 0.15) is 0 Å². The lowest BCUT2D eigenvalue weighted by Gasteiger charge is -2.35. The van der Waals surface area contributed by atoms with E-state index < -0.39 is 17.7 Å². The number of hydrogen-bond donors (Lipinski definition) is 1. The van der Waals surface area contributed by atoms with Crippen LogP contribution in [0.1, 0.15) is 44.3 Å². The summed E-state index contributed by atoms with van der Waals surface area (Å²) in [7, 11) is 1.95. The smallest absolute Gasteiger partial charge is 0.164 e. The molecular formula is C16H23F2NO. The third kappa shape index (κ3) is 3.55. The van der Waals surface area contributed by atoms with E-state index in [0.717, 1.165) is 18.9 Å². The molecule has 2 nitrogen and oxygen atoms in total. The number of hydrogen-bond acceptors (Lipinski definition) is 2. The predicted molar refractivity (Wildman–Crippen MR) is 75.4 cm³/mol. The predicted octanol–water partition coefficient (Wildman–Crippen LogP) is 3.51. The molecule has 1 aromatic rings. The average Bonchev–Trinajstić information content (AvgIpc) is 2.41. The van der Waals surface area contributed by atoms with Crippen LogP contribution in [-0.2, 0) is 0 Å². The first-order valence-corrected chi connectivity index (χ1v) is 7.31. The molecule has 1 aliphatic carbocycles. The van der Waals surface area contributed by atoms with Crippen molar-refractivity contribution in [1.82, 2.24) is 4.90 Å². The normalized spacial score (nSPS) is 24.9. The van der Waals surface area contributed by atoms with E-state index in [0.29, 0.717) is 18.5 Å². The monoisotopic (exact) mass is 283 g/mol. The number of likely N-dealkylation sites (N-methyl/N-ethyl adjacent to an activating group) is 1. The van der Waals surface area contributed by atoms with Crippen molar-refractivity contribution in [2.24, 2.45) is 5.92 Å². The molecular weight excluding hydrogens is 260 g/mol. The van der Waals surface area contributed by atoms with Gasteiger partial charge in [-0.2, -0.15) is 0 Å². The van der Waals surface area contributed by atoms with E-state index in [9.17, 15) is 13.9 Å². The standard InChI is InChI=1S/C16H23F2NO/c1-11-5-3-6-12(9-11)19(2)10-15(20)13-7-4-8-14(17)16(13)18/h4,7-8,11-12,15,20H,3,5-6,9-10H2,1-2H3. The number of nitrogens with zero attached hydrogens (tertiary/aromatic N) is 1. The van der Waals surface area contributed by atoms with Gasteiger partial charge in [-0.25, -0.2) is 8.78 Å². The minimum absolute atomic E-state index is 0.0423. The Hall–Kier alpha value is -1.00. The zero-order valence-electron chi connectivity index (χ0n) is 12.1. The zero-order chi connectivity index (χ0) is 14.7. The molecule has 1 aromatic carbocycles. The van der Waals surface area contributed by atoms with Crippen molar-refractivity contribution in [3.05, 3.63) is 35.4 Å². The number of rotatable bonds is 4. The molecule has 1 saturated carbocycles.